The third-order valence-corrected chi connectivity index (χ3v) is 12.2. The highest BCUT2D eigenvalue weighted by molar-refractivity contribution is 5.93. The normalized spacial score (nSPS) is 16.8. The molecule has 2 saturated heterocycles. The quantitative estimate of drug-likeness (QED) is 0.110. The number of carbonyl (C=O) groups is 2. The molecule has 4 aromatic rings. The van der Waals surface area contributed by atoms with E-state index < -0.39 is 23.5 Å². The Labute approximate surface area is 363 Å². The predicted molar refractivity (Wildman–Crippen MR) is 236 cm³/mol. The largest absolute Gasteiger partial charge is 0.416 e. The fourth-order valence-electron chi connectivity index (χ4n) is 8.62. The Hall–Kier alpha value is -4.68. The summed E-state index contributed by atoms with van der Waals surface area (Å²) in [7, 11) is 0. The van der Waals surface area contributed by atoms with Crippen molar-refractivity contribution in [1.82, 2.24) is 9.80 Å². The molecule has 2 atom stereocenters. The zero-order chi connectivity index (χ0) is 44.5. The number of carbonyl (C=O) groups excluding carboxylic acids is 2. The van der Waals surface area contributed by atoms with Gasteiger partial charge in [-0.15, -0.1) is 0 Å². The molecular formula is C50H62F6N4O2. The number of alkyl halides is 6. The summed E-state index contributed by atoms with van der Waals surface area (Å²) in [6, 6.07) is 29.4. The van der Waals surface area contributed by atoms with E-state index in [0.29, 0.717) is 12.8 Å². The van der Waals surface area contributed by atoms with Crippen LogP contribution in [-0.4, -0.2) is 60.9 Å². The van der Waals surface area contributed by atoms with E-state index in [1.165, 1.54) is 37.1 Å². The Balaban J connectivity index is 0.000000234. The summed E-state index contributed by atoms with van der Waals surface area (Å²) in [5.41, 5.74) is 1.01. The molecule has 2 fully saturated rings. The number of unbranched alkanes of at least 4 members (excludes halogenated alkanes) is 2. The van der Waals surface area contributed by atoms with Crippen molar-refractivity contribution in [2.24, 2.45) is 23.7 Å². The third kappa shape index (κ3) is 15.3. The van der Waals surface area contributed by atoms with Crippen LogP contribution in [0.1, 0.15) is 87.5 Å². The molecule has 0 saturated carbocycles. The van der Waals surface area contributed by atoms with Crippen molar-refractivity contribution >= 4 is 23.2 Å². The molecule has 0 spiro atoms. The molecule has 0 aromatic heterocycles. The van der Waals surface area contributed by atoms with Gasteiger partial charge in [-0.25, -0.2) is 0 Å². The average molecular weight is 865 g/mol. The molecule has 6 nitrogen and oxygen atoms in total. The number of likely N-dealkylation sites (tertiary alicyclic amines) is 2. The van der Waals surface area contributed by atoms with Crippen LogP contribution >= 0.6 is 0 Å². The fraction of sp³-hybridized carbons (Fsp3) is 0.480. The van der Waals surface area contributed by atoms with Crippen molar-refractivity contribution in [3.05, 3.63) is 131 Å². The van der Waals surface area contributed by atoms with Gasteiger partial charge in [0.05, 0.1) is 11.1 Å². The highest BCUT2D eigenvalue weighted by Gasteiger charge is 2.35. The Morgan fingerprint density at radius 1 is 0.548 bits per heavy atom. The molecule has 2 amide bonds. The molecule has 0 bridgehead atoms. The zero-order valence-corrected chi connectivity index (χ0v) is 36.0. The van der Waals surface area contributed by atoms with E-state index in [2.05, 4.69) is 34.3 Å². The smallest absolute Gasteiger partial charge is 0.326 e. The molecule has 2 aliphatic rings. The number of benzene rings is 4. The first kappa shape index (κ1) is 48.4. The van der Waals surface area contributed by atoms with Crippen molar-refractivity contribution in [2.45, 2.75) is 90.4 Å². The van der Waals surface area contributed by atoms with Gasteiger partial charge >= 0.3 is 12.4 Å². The Morgan fingerprint density at radius 3 is 1.23 bits per heavy atom. The minimum Gasteiger partial charge on any atom is -0.326 e. The van der Waals surface area contributed by atoms with E-state index in [1.807, 2.05) is 60.7 Å². The maximum Gasteiger partial charge on any atom is 0.416 e. The van der Waals surface area contributed by atoms with E-state index in [-0.39, 0.29) is 46.9 Å². The van der Waals surface area contributed by atoms with Gasteiger partial charge in [0.2, 0.25) is 11.8 Å². The van der Waals surface area contributed by atoms with Crippen molar-refractivity contribution in [3.8, 4) is 0 Å². The molecule has 4 aromatic carbocycles. The minimum absolute atomic E-state index is 0.193. The van der Waals surface area contributed by atoms with Crippen LogP contribution in [0.3, 0.4) is 0 Å². The number of hydrogen-bond acceptors (Lipinski definition) is 4. The van der Waals surface area contributed by atoms with Crippen molar-refractivity contribution in [1.29, 1.82) is 0 Å². The molecule has 2 heterocycles. The first-order valence-electron chi connectivity index (χ1n) is 22.2. The van der Waals surface area contributed by atoms with E-state index in [9.17, 15) is 35.9 Å². The van der Waals surface area contributed by atoms with E-state index >= 15 is 0 Å². The summed E-state index contributed by atoms with van der Waals surface area (Å²) >= 11 is 0. The summed E-state index contributed by atoms with van der Waals surface area (Å²) in [6.07, 6.45) is 0.693. The van der Waals surface area contributed by atoms with Crippen LogP contribution in [0.5, 0.6) is 0 Å². The molecule has 0 aliphatic carbocycles. The standard InChI is InChI=1S/2C25H31F3N2O/c2*1-2-3-14-30-15-12-20(13-16-30)23(17-19-8-5-4-6-9-19)24(31)29-22-11-7-10-21(18-22)25(26,27)28/h2*4-11,18,20,23H,2-3,12-17H2,1H3,(H,29,31)/t2*23-/m10/s1. The molecule has 6 rings (SSSR count). The second-order valence-corrected chi connectivity index (χ2v) is 16.8. The maximum absolute atomic E-state index is 13.2. The first-order chi connectivity index (χ1) is 29.7. The third-order valence-electron chi connectivity index (χ3n) is 12.2. The van der Waals surface area contributed by atoms with Crippen LogP contribution in [0.2, 0.25) is 0 Å². The Morgan fingerprint density at radius 2 is 0.903 bits per heavy atom. The lowest BCUT2D eigenvalue weighted by molar-refractivity contribution is -0.138. The topological polar surface area (TPSA) is 64.7 Å². The summed E-state index contributed by atoms with van der Waals surface area (Å²) in [4.78, 5) is 31.3. The van der Waals surface area contributed by atoms with Gasteiger partial charge in [-0.05, 0) is 150 Å². The summed E-state index contributed by atoms with van der Waals surface area (Å²) in [5.74, 6) is -0.520. The molecular weight excluding hydrogens is 803 g/mol. The number of anilines is 2. The lowest BCUT2D eigenvalue weighted by atomic mass is 9.80. The second-order valence-electron chi connectivity index (χ2n) is 16.8. The number of rotatable bonds is 16. The van der Waals surface area contributed by atoms with Crippen LogP contribution < -0.4 is 10.6 Å². The van der Waals surface area contributed by atoms with Crippen LogP contribution in [0.4, 0.5) is 37.7 Å². The highest BCUT2D eigenvalue weighted by atomic mass is 19.4. The van der Waals surface area contributed by atoms with E-state index in [0.717, 1.165) is 113 Å². The fourth-order valence-corrected chi connectivity index (χ4v) is 8.62. The van der Waals surface area contributed by atoms with Crippen LogP contribution in [-0.2, 0) is 34.8 Å². The number of halogens is 6. The zero-order valence-electron chi connectivity index (χ0n) is 36.0. The minimum atomic E-state index is -4.44. The van der Waals surface area contributed by atoms with Gasteiger partial charge in [0, 0.05) is 23.2 Å². The molecule has 0 unspecified atom stereocenters. The summed E-state index contributed by atoms with van der Waals surface area (Å²) < 4.78 is 78.3. The van der Waals surface area contributed by atoms with Crippen molar-refractivity contribution < 1.29 is 35.9 Å². The lowest BCUT2D eigenvalue weighted by Crippen LogP contribution is -2.40. The molecule has 336 valence electrons. The predicted octanol–water partition coefficient (Wildman–Crippen LogP) is 12.0. The summed E-state index contributed by atoms with van der Waals surface area (Å²) in [6.45, 7) is 10.4. The Bertz CT molecular complexity index is 1800. The molecule has 12 heteroatoms. The number of amides is 2. The van der Waals surface area contributed by atoms with Gasteiger partial charge in [0.25, 0.3) is 0 Å². The Kier molecular flexibility index (Phi) is 18.5. The number of hydrogen-bond donors (Lipinski definition) is 2. The van der Waals surface area contributed by atoms with E-state index in [4.69, 9.17) is 0 Å². The highest BCUT2D eigenvalue weighted by Crippen LogP contribution is 2.34. The average Bonchev–Trinajstić information content (AvgIpc) is 3.27. The number of nitrogens with zero attached hydrogens (tertiary/aromatic N) is 2. The van der Waals surface area contributed by atoms with Crippen molar-refractivity contribution in [3.63, 3.8) is 0 Å². The van der Waals surface area contributed by atoms with Crippen molar-refractivity contribution in [2.75, 3.05) is 49.9 Å². The van der Waals surface area contributed by atoms with Crippen LogP contribution in [0.25, 0.3) is 0 Å². The van der Waals surface area contributed by atoms with Gasteiger partial charge in [-0.3, -0.25) is 9.59 Å². The van der Waals surface area contributed by atoms with Gasteiger partial charge in [-0.1, -0.05) is 99.5 Å². The van der Waals surface area contributed by atoms with E-state index in [1.54, 1.807) is 0 Å². The monoisotopic (exact) mass is 864 g/mol. The molecule has 0 radical (unpaired) electrons. The summed E-state index contributed by atoms with van der Waals surface area (Å²) in [5, 5.41) is 5.53. The van der Waals surface area contributed by atoms with Gasteiger partial charge in [0.1, 0.15) is 0 Å². The van der Waals surface area contributed by atoms with Gasteiger partial charge in [0.15, 0.2) is 0 Å². The molecule has 2 aliphatic heterocycles. The van der Waals surface area contributed by atoms with Crippen LogP contribution in [0, 0.1) is 23.7 Å². The SMILES string of the molecule is CCCCN1CCC([C@@H](Cc2ccccc2)C(=O)Nc2cccc(C(F)(F)F)c2)CC1.CCCCN1CCC([C@H](Cc2ccccc2)C(=O)Nc2cccc(C(F)(F)F)c2)CC1. The first-order valence-corrected chi connectivity index (χ1v) is 22.2. The number of piperidine rings is 2. The van der Waals surface area contributed by atoms with Gasteiger partial charge in [-0.2, -0.15) is 26.3 Å². The molecule has 2 N–H and O–H groups in total. The number of nitrogens with one attached hydrogen (secondary N) is 2. The van der Waals surface area contributed by atoms with Gasteiger partial charge < -0.3 is 20.4 Å². The lowest BCUT2D eigenvalue weighted by Gasteiger charge is -2.35. The maximum atomic E-state index is 13.2. The van der Waals surface area contributed by atoms with Crippen LogP contribution in [0.15, 0.2) is 109 Å². The second kappa shape index (κ2) is 23.7. The molecule has 62 heavy (non-hydrogen) atoms.